The number of ether oxygens (including phenoxy) is 1. The minimum absolute atomic E-state index is 0.459. The van der Waals surface area contributed by atoms with Crippen LogP contribution in [0.15, 0.2) is 42.5 Å². The van der Waals surface area contributed by atoms with E-state index in [4.69, 9.17) is 27.9 Å². The molecule has 17 heavy (non-hydrogen) atoms. The third kappa shape index (κ3) is 3.50. The fourth-order valence-electron chi connectivity index (χ4n) is 1.40. The molecule has 2 aromatic rings. The van der Waals surface area contributed by atoms with Gasteiger partial charge in [0.2, 0.25) is 0 Å². The number of rotatable bonds is 3. The van der Waals surface area contributed by atoms with Gasteiger partial charge in [0, 0.05) is 3.57 Å². The second-order valence-corrected chi connectivity index (χ2v) is 5.53. The van der Waals surface area contributed by atoms with Crippen molar-refractivity contribution in [2.75, 3.05) is 0 Å². The predicted molar refractivity (Wildman–Crippen MR) is 80.0 cm³/mol. The SMILES string of the molecule is Clc1cc(I)cc(Cl)c1OCc1ccccc1. The van der Waals surface area contributed by atoms with Crippen LogP contribution in [0.4, 0.5) is 0 Å². The third-order valence-corrected chi connectivity index (χ3v) is 3.37. The van der Waals surface area contributed by atoms with E-state index in [0.717, 1.165) is 9.13 Å². The maximum atomic E-state index is 6.09. The van der Waals surface area contributed by atoms with Gasteiger partial charge in [-0.15, -0.1) is 0 Å². The first-order valence-corrected chi connectivity index (χ1v) is 6.81. The lowest BCUT2D eigenvalue weighted by atomic mass is 10.2. The van der Waals surface area contributed by atoms with Crippen molar-refractivity contribution >= 4 is 45.8 Å². The van der Waals surface area contributed by atoms with E-state index in [1.165, 1.54) is 0 Å². The van der Waals surface area contributed by atoms with Gasteiger partial charge < -0.3 is 4.74 Å². The van der Waals surface area contributed by atoms with E-state index < -0.39 is 0 Å². The molecule has 1 nitrogen and oxygen atoms in total. The van der Waals surface area contributed by atoms with Gasteiger partial charge in [-0.2, -0.15) is 0 Å². The van der Waals surface area contributed by atoms with E-state index in [1.54, 1.807) is 0 Å². The average molecular weight is 379 g/mol. The molecule has 0 aliphatic carbocycles. The summed E-state index contributed by atoms with van der Waals surface area (Å²) in [6.07, 6.45) is 0. The predicted octanol–water partition coefficient (Wildman–Crippen LogP) is 5.18. The topological polar surface area (TPSA) is 9.23 Å². The largest absolute Gasteiger partial charge is 0.486 e. The van der Waals surface area contributed by atoms with Crippen LogP contribution < -0.4 is 4.74 Å². The van der Waals surface area contributed by atoms with E-state index in [0.29, 0.717) is 22.4 Å². The molecule has 0 spiro atoms. The van der Waals surface area contributed by atoms with E-state index in [9.17, 15) is 0 Å². The van der Waals surface area contributed by atoms with E-state index >= 15 is 0 Å². The molecule has 0 aliphatic heterocycles. The van der Waals surface area contributed by atoms with E-state index in [-0.39, 0.29) is 0 Å². The lowest BCUT2D eigenvalue weighted by molar-refractivity contribution is 0.306. The fraction of sp³-hybridized carbons (Fsp3) is 0.0769. The third-order valence-electron chi connectivity index (χ3n) is 2.19. The maximum Gasteiger partial charge on any atom is 0.157 e. The van der Waals surface area contributed by atoms with Crippen LogP contribution in [0.3, 0.4) is 0 Å². The van der Waals surface area contributed by atoms with Crippen molar-refractivity contribution in [2.45, 2.75) is 6.61 Å². The molecule has 0 unspecified atom stereocenters. The zero-order chi connectivity index (χ0) is 12.3. The van der Waals surface area contributed by atoms with Gasteiger partial charge in [-0.3, -0.25) is 0 Å². The number of halogens is 3. The van der Waals surface area contributed by atoms with Gasteiger partial charge in [-0.25, -0.2) is 0 Å². The van der Waals surface area contributed by atoms with Gasteiger partial charge in [0.05, 0.1) is 10.0 Å². The number of hydrogen-bond acceptors (Lipinski definition) is 1. The minimum Gasteiger partial charge on any atom is -0.486 e. The second-order valence-electron chi connectivity index (χ2n) is 3.47. The highest BCUT2D eigenvalue weighted by molar-refractivity contribution is 14.1. The van der Waals surface area contributed by atoms with Gasteiger partial charge in [0.25, 0.3) is 0 Å². The summed E-state index contributed by atoms with van der Waals surface area (Å²) >= 11 is 14.3. The van der Waals surface area contributed by atoms with E-state index in [2.05, 4.69) is 22.6 Å². The Morgan fingerprint density at radius 3 is 2.18 bits per heavy atom. The van der Waals surface area contributed by atoms with Gasteiger partial charge in [0.15, 0.2) is 5.75 Å². The van der Waals surface area contributed by atoms with Gasteiger partial charge >= 0.3 is 0 Å². The molecule has 0 bridgehead atoms. The standard InChI is InChI=1S/C13H9Cl2IO/c14-11-6-10(16)7-12(15)13(11)17-8-9-4-2-1-3-5-9/h1-7H,8H2. The Hall–Kier alpha value is -0.450. The van der Waals surface area contributed by atoms with Crippen LogP contribution in [-0.4, -0.2) is 0 Å². The second kappa shape index (κ2) is 5.94. The summed E-state index contributed by atoms with van der Waals surface area (Å²) in [4.78, 5) is 0. The van der Waals surface area contributed by atoms with Gasteiger partial charge in [-0.1, -0.05) is 53.5 Å². The Kier molecular flexibility index (Phi) is 4.54. The molecule has 0 fully saturated rings. The summed E-state index contributed by atoms with van der Waals surface area (Å²) in [6.45, 7) is 0.459. The maximum absolute atomic E-state index is 6.09. The Morgan fingerprint density at radius 1 is 1.00 bits per heavy atom. The molecule has 2 rings (SSSR count). The molecule has 0 aromatic heterocycles. The van der Waals surface area contributed by atoms with Crippen LogP contribution in [-0.2, 0) is 6.61 Å². The fourth-order valence-corrected chi connectivity index (χ4v) is 2.98. The normalized spacial score (nSPS) is 10.3. The van der Waals surface area contributed by atoms with Crippen LogP contribution in [0.25, 0.3) is 0 Å². The number of hydrogen-bond donors (Lipinski definition) is 0. The van der Waals surface area contributed by atoms with Crippen molar-refractivity contribution in [1.82, 2.24) is 0 Å². The zero-order valence-corrected chi connectivity index (χ0v) is 12.5. The first kappa shape index (κ1) is 13.0. The molecule has 2 aromatic carbocycles. The summed E-state index contributed by atoms with van der Waals surface area (Å²) in [5.74, 6) is 0.539. The highest BCUT2D eigenvalue weighted by Gasteiger charge is 2.08. The monoisotopic (exact) mass is 378 g/mol. The molecule has 0 radical (unpaired) electrons. The highest BCUT2D eigenvalue weighted by atomic mass is 127. The molecular formula is C13H9Cl2IO. The Bertz CT molecular complexity index is 491. The minimum atomic E-state index is 0.459. The van der Waals surface area contributed by atoms with Crippen molar-refractivity contribution in [3.8, 4) is 5.75 Å². The lowest BCUT2D eigenvalue weighted by Crippen LogP contribution is -1.96. The lowest BCUT2D eigenvalue weighted by Gasteiger charge is -2.10. The first-order chi connectivity index (χ1) is 8.16. The molecule has 0 amide bonds. The van der Waals surface area contributed by atoms with E-state index in [1.807, 2.05) is 42.5 Å². The van der Waals surface area contributed by atoms with Crippen molar-refractivity contribution < 1.29 is 4.74 Å². The number of benzene rings is 2. The molecule has 4 heteroatoms. The zero-order valence-electron chi connectivity index (χ0n) is 8.79. The van der Waals surface area contributed by atoms with Crippen LogP contribution in [0, 0.1) is 3.57 Å². The molecule has 88 valence electrons. The first-order valence-electron chi connectivity index (χ1n) is 4.98. The molecule has 0 atom stereocenters. The van der Waals surface area contributed by atoms with Crippen molar-refractivity contribution in [1.29, 1.82) is 0 Å². The van der Waals surface area contributed by atoms with Crippen molar-refractivity contribution in [3.05, 3.63) is 61.6 Å². The summed E-state index contributed by atoms with van der Waals surface area (Å²) in [7, 11) is 0. The highest BCUT2D eigenvalue weighted by Crippen LogP contribution is 2.35. The molecule has 0 saturated heterocycles. The average Bonchev–Trinajstić information content (AvgIpc) is 2.29. The smallest absolute Gasteiger partial charge is 0.157 e. The Labute approximate surface area is 124 Å². The van der Waals surface area contributed by atoms with Crippen LogP contribution in [0.2, 0.25) is 10.0 Å². The summed E-state index contributed by atoms with van der Waals surface area (Å²) in [6, 6.07) is 13.5. The summed E-state index contributed by atoms with van der Waals surface area (Å²) in [5.41, 5.74) is 1.08. The van der Waals surface area contributed by atoms with Crippen LogP contribution >= 0.6 is 45.8 Å². The van der Waals surface area contributed by atoms with Gasteiger partial charge in [0.1, 0.15) is 6.61 Å². The van der Waals surface area contributed by atoms with Crippen LogP contribution in [0.5, 0.6) is 5.75 Å². The molecule has 0 aliphatic rings. The van der Waals surface area contributed by atoms with Crippen LogP contribution in [0.1, 0.15) is 5.56 Å². The van der Waals surface area contributed by atoms with Crippen molar-refractivity contribution in [3.63, 3.8) is 0 Å². The molecule has 0 saturated carbocycles. The molecular weight excluding hydrogens is 370 g/mol. The van der Waals surface area contributed by atoms with Gasteiger partial charge in [-0.05, 0) is 40.3 Å². The molecule has 0 N–H and O–H groups in total. The summed E-state index contributed by atoms with van der Waals surface area (Å²) < 4.78 is 6.63. The summed E-state index contributed by atoms with van der Waals surface area (Å²) in [5, 5.41) is 1.08. The molecule has 0 heterocycles. The Balaban J connectivity index is 2.15. The van der Waals surface area contributed by atoms with Crippen molar-refractivity contribution in [2.24, 2.45) is 0 Å². The quantitative estimate of drug-likeness (QED) is 0.669. The Morgan fingerprint density at radius 2 is 1.59 bits per heavy atom.